The SMILES string of the molecule is CCC(=CNNS(=O)(=O)c1ccccc1)CC. The Balaban J connectivity index is 2.67. The van der Waals surface area contributed by atoms with E-state index in [-0.39, 0.29) is 4.90 Å². The Morgan fingerprint density at radius 2 is 1.76 bits per heavy atom. The summed E-state index contributed by atoms with van der Waals surface area (Å²) in [5.74, 6) is 0. The summed E-state index contributed by atoms with van der Waals surface area (Å²) >= 11 is 0. The second-order valence-electron chi connectivity index (χ2n) is 3.57. The fourth-order valence-corrected chi connectivity index (χ4v) is 2.17. The van der Waals surface area contributed by atoms with Gasteiger partial charge in [-0.05, 0) is 25.0 Å². The van der Waals surface area contributed by atoms with E-state index >= 15 is 0 Å². The molecule has 0 aromatic heterocycles. The van der Waals surface area contributed by atoms with Crippen LogP contribution in [0.1, 0.15) is 26.7 Å². The molecule has 0 unspecified atom stereocenters. The van der Waals surface area contributed by atoms with Crippen LogP contribution in [0, 0.1) is 0 Å². The van der Waals surface area contributed by atoms with Gasteiger partial charge in [-0.25, -0.2) is 8.42 Å². The third kappa shape index (κ3) is 4.20. The van der Waals surface area contributed by atoms with Crippen molar-refractivity contribution in [3.05, 3.63) is 42.1 Å². The molecule has 0 aliphatic heterocycles. The monoisotopic (exact) mass is 254 g/mol. The quantitative estimate of drug-likeness (QED) is 0.765. The number of hydrazine groups is 1. The molecule has 5 heteroatoms. The van der Waals surface area contributed by atoms with Crippen molar-refractivity contribution in [3.63, 3.8) is 0 Å². The molecule has 0 spiro atoms. The minimum absolute atomic E-state index is 0.246. The first-order valence-corrected chi connectivity index (χ1v) is 7.08. The van der Waals surface area contributed by atoms with Crippen molar-refractivity contribution in [3.8, 4) is 0 Å². The fourth-order valence-electron chi connectivity index (χ4n) is 1.32. The summed E-state index contributed by atoms with van der Waals surface area (Å²) < 4.78 is 23.6. The van der Waals surface area contributed by atoms with Crippen LogP contribution >= 0.6 is 0 Å². The highest BCUT2D eigenvalue weighted by Crippen LogP contribution is 2.06. The molecule has 1 rings (SSSR count). The molecule has 0 aliphatic rings. The maximum Gasteiger partial charge on any atom is 0.257 e. The number of nitrogens with one attached hydrogen (secondary N) is 2. The lowest BCUT2D eigenvalue weighted by molar-refractivity contribution is 0.574. The van der Waals surface area contributed by atoms with E-state index in [0.717, 1.165) is 18.4 Å². The van der Waals surface area contributed by atoms with E-state index < -0.39 is 10.0 Å². The van der Waals surface area contributed by atoms with Crippen LogP contribution in [-0.2, 0) is 10.0 Å². The van der Waals surface area contributed by atoms with Crippen molar-refractivity contribution in [1.29, 1.82) is 0 Å². The molecule has 0 radical (unpaired) electrons. The molecule has 1 aromatic rings. The molecule has 0 amide bonds. The minimum Gasteiger partial charge on any atom is -0.315 e. The van der Waals surface area contributed by atoms with Crippen molar-refractivity contribution in [2.45, 2.75) is 31.6 Å². The Hall–Kier alpha value is -1.33. The van der Waals surface area contributed by atoms with Crippen molar-refractivity contribution in [1.82, 2.24) is 10.3 Å². The van der Waals surface area contributed by atoms with Crippen LogP contribution in [0.3, 0.4) is 0 Å². The van der Waals surface area contributed by atoms with E-state index in [1.165, 1.54) is 0 Å². The van der Waals surface area contributed by atoms with E-state index in [9.17, 15) is 8.42 Å². The first-order chi connectivity index (χ1) is 8.10. The molecule has 0 saturated heterocycles. The highest BCUT2D eigenvalue weighted by atomic mass is 32.2. The lowest BCUT2D eigenvalue weighted by Crippen LogP contribution is -2.33. The predicted molar refractivity (Wildman–Crippen MR) is 68.6 cm³/mol. The number of sulfonamides is 1. The molecule has 94 valence electrons. The molecule has 17 heavy (non-hydrogen) atoms. The van der Waals surface area contributed by atoms with Gasteiger partial charge in [0.15, 0.2) is 0 Å². The van der Waals surface area contributed by atoms with Gasteiger partial charge in [-0.2, -0.15) is 0 Å². The Labute approximate surface area is 103 Å². The molecule has 0 fully saturated rings. The Bertz CT molecular complexity index is 461. The van der Waals surface area contributed by atoms with Gasteiger partial charge in [-0.1, -0.05) is 37.6 Å². The molecule has 0 heterocycles. The average molecular weight is 254 g/mol. The van der Waals surface area contributed by atoms with Crippen molar-refractivity contribution in [2.75, 3.05) is 0 Å². The van der Waals surface area contributed by atoms with E-state index in [1.807, 2.05) is 13.8 Å². The van der Waals surface area contributed by atoms with Gasteiger partial charge >= 0.3 is 0 Å². The van der Waals surface area contributed by atoms with Gasteiger partial charge in [0.1, 0.15) is 0 Å². The zero-order chi connectivity index (χ0) is 12.7. The van der Waals surface area contributed by atoms with E-state index in [2.05, 4.69) is 10.3 Å². The Morgan fingerprint density at radius 3 is 2.29 bits per heavy atom. The third-order valence-electron chi connectivity index (χ3n) is 2.43. The molecule has 0 saturated carbocycles. The summed E-state index contributed by atoms with van der Waals surface area (Å²) in [6, 6.07) is 8.25. The molecule has 2 N–H and O–H groups in total. The molecule has 1 aromatic carbocycles. The number of rotatable bonds is 6. The lowest BCUT2D eigenvalue weighted by Gasteiger charge is -2.07. The smallest absolute Gasteiger partial charge is 0.257 e. The highest BCUT2D eigenvalue weighted by molar-refractivity contribution is 7.89. The highest BCUT2D eigenvalue weighted by Gasteiger charge is 2.11. The zero-order valence-electron chi connectivity index (χ0n) is 10.1. The van der Waals surface area contributed by atoms with Gasteiger partial charge in [-0.15, -0.1) is 4.83 Å². The number of allylic oxidation sites excluding steroid dienone is 1. The van der Waals surface area contributed by atoms with E-state index in [4.69, 9.17) is 0 Å². The second kappa shape index (κ2) is 6.42. The summed E-state index contributed by atoms with van der Waals surface area (Å²) in [4.78, 5) is 2.57. The predicted octanol–water partition coefficient (Wildman–Crippen LogP) is 2.17. The van der Waals surface area contributed by atoms with Crippen LogP contribution in [0.4, 0.5) is 0 Å². The fraction of sp³-hybridized carbons (Fsp3) is 0.333. The summed E-state index contributed by atoms with van der Waals surface area (Å²) in [6.45, 7) is 4.06. The first kappa shape index (κ1) is 13.7. The van der Waals surface area contributed by atoms with Crippen LogP contribution in [0.15, 0.2) is 47.0 Å². The number of hydrogen-bond acceptors (Lipinski definition) is 3. The maximum atomic E-state index is 11.8. The van der Waals surface area contributed by atoms with E-state index in [1.54, 1.807) is 36.5 Å². The van der Waals surface area contributed by atoms with E-state index in [0.29, 0.717) is 0 Å². The summed E-state index contributed by atoms with van der Waals surface area (Å²) in [6.07, 6.45) is 3.49. The molecular weight excluding hydrogens is 236 g/mol. The van der Waals surface area contributed by atoms with Gasteiger partial charge in [-0.3, -0.25) is 0 Å². The largest absolute Gasteiger partial charge is 0.315 e. The molecule has 0 aliphatic carbocycles. The van der Waals surface area contributed by atoms with Gasteiger partial charge in [0.2, 0.25) is 0 Å². The van der Waals surface area contributed by atoms with Crippen LogP contribution in [-0.4, -0.2) is 8.42 Å². The summed E-state index contributed by atoms with van der Waals surface area (Å²) in [5.41, 5.74) is 3.78. The van der Waals surface area contributed by atoms with Gasteiger partial charge in [0.05, 0.1) is 4.90 Å². The normalized spacial score (nSPS) is 10.9. The topological polar surface area (TPSA) is 58.2 Å². The lowest BCUT2D eigenvalue weighted by atomic mass is 10.2. The van der Waals surface area contributed by atoms with Crippen LogP contribution in [0.25, 0.3) is 0 Å². The summed E-state index contributed by atoms with van der Waals surface area (Å²) in [7, 11) is -3.48. The van der Waals surface area contributed by atoms with Crippen molar-refractivity contribution in [2.24, 2.45) is 0 Å². The van der Waals surface area contributed by atoms with Crippen LogP contribution in [0.5, 0.6) is 0 Å². The minimum atomic E-state index is -3.48. The van der Waals surface area contributed by atoms with Gasteiger partial charge in [0.25, 0.3) is 10.0 Å². The van der Waals surface area contributed by atoms with Crippen molar-refractivity contribution < 1.29 is 8.42 Å². The standard InChI is InChI=1S/C12H18N2O2S/c1-3-11(4-2)10-13-14-17(15,16)12-8-6-5-7-9-12/h5-10,13-14H,3-4H2,1-2H3. The van der Waals surface area contributed by atoms with Crippen molar-refractivity contribution >= 4 is 10.0 Å². The number of hydrogen-bond donors (Lipinski definition) is 2. The zero-order valence-corrected chi connectivity index (χ0v) is 10.9. The Morgan fingerprint density at radius 1 is 1.18 bits per heavy atom. The second-order valence-corrected chi connectivity index (χ2v) is 5.25. The average Bonchev–Trinajstić information content (AvgIpc) is 2.36. The Kier molecular flexibility index (Phi) is 5.18. The van der Waals surface area contributed by atoms with Crippen LogP contribution < -0.4 is 10.3 Å². The molecule has 0 bridgehead atoms. The number of benzene rings is 1. The van der Waals surface area contributed by atoms with Crippen LogP contribution in [0.2, 0.25) is 0 Å². The summed E-state index contributed by atoms with van der Waals surface area (Å²) in [5, 5.41) is 0. The van der Waals surface area contributed by atoms with Gasteiger partial charge in [0, 0.05) is 6.20 Å². The maximum absolute atomic E-state index is 11.8. The molecular formula is C12H18N2O2S. The first-order valence-electron chi connectivity index (χ1n) is 5.60. The van der Waals surface area contributed by atoms with Gasteiger partial charge < -0.3 is 5.43 Å². The third-order valence-corrected chi connectivity index (χ3v) is 3.71. The molecule has 0 atom stereocenters. The molecule has 4 nitrogen and oxygen atoms in total.